The number of hydrogen-bond donors (Lipinski definition) is 1. The third-order valence-electron chi connectivity index (χ3n) is 4.01. The van der Waals surface area contributed by atoms with Crippen LogP contribution in [0.15, 0.2) is 53.7 Å². The standard InChI is InChI=1S/C20H20Cl2N4O2S/c1-3-26-19(13(2)28-15-8-6-7-14(21)11-15)24-25-20(26)29-12-18(27)23-17-10-5-4-9-16(17)22/h4-11,13H,3,12H2,1-2H3,(H,23,27). The molecule has 0 aliphatic heterocycles. The minimum absolute atomic E-state index is 0.168. The Morgan fingerprint density at radius 2 is 2.00 bits per heavy atom. The van der Waals surface area contributed by atoms with Gasteiger partial charge in [-0.25, -0.2) is 0 Å². The number of halogens is 2. The molecule has 0 bridgehead atoms. The molecule has 0 spiro atoms. The highest BCUT2D eigenvalue weighted by atomic mass is 35.5. The molecular formula is C20H20Cl2N4O2S. The number of rotatable bonds is 8. The number of hydrogen-bond acceptors (Lipinski definition) is 5. The molecule has 1 atom stereocenters. The Morgan fingerprint density at radius 3 is 2.72 bits per heavy atom. The molecule has 2 aromatic carbocycles. The molecule has 0 saturated heterocycles. The molecule has 1 amide bonds. The number of nitrogens with one attached hydrogen (secondary N) is 1. The molecule has 6 nitrogen and oxygen atoms in total. The summed E-state index contributed by atoms with van der Waals surface area (Å²) in [5, 5.41) is 13.0. The minimum atomic E-state index is -0.327. The second kappa shape index (κ2) is 10.0. The van der Waals surface area contributed by atoms with E-state index >= 15 is 0 Å². The highest BCUT2D eigenvalue weighted by molar-refractivity contribution is 7.99. The van der Waals surface area contributed by atoms with Crippen molar-refractivity contribution in [1.29, 1.82) is 0 Å². The summed E-state index contributed by atoms with van der Waals surface area (Å²) in [7, 11) is 0. The van der Waals surface area contributed by atoms with Crippen molar-refractivity contribution < 1.29 is 9.53 Å². The maximum absolute atomic E-state index is 12.3. The summed E-state index contributed by atoms with van der Waals surface area (Å²) < 4.78 is 7.88. The van der Waals surface area contributed by atoms with Crippen LogP contribution in [-0.2, 0) is 11.3 Å². The molecule has 0 aliphatic rings. The van der Waals surface area contributed by atoms with Crippen molar-refractivity contribution in [3.05, 3.63) is 64.4 Å². The number of carbonyl (C=O) groups is 1. The van der Waals surface area contributed by atoms with E-state index in [1.54, 1.807) is 24.3 Å². The topological polar surface area (TPSA) is 69.0 Å². The first-order chi connectivity index (χ1) is 14.0. The largest absolute Gasteiger partial charge is 0.483 e. The third-order valence-corrected chi connectivity index (χ3v) is 5.55. The van der Waals surface area contributed by atoms with Crippen LogP contribution in [0.2, 0.25) is 10.0 Å². The van der Waals surface area contributed by atoms with Crippen LogP contribution in [0, 0.1) is 0 Å². The van der Waals surface area contributed by atoms with E-state index in [0.29, 0.717) is 39.0 Å². The van der Waals surface area contributed by atoms with Crippen molar-refractivity contribution in [3.8, 4) is 5.75 Å². The van der Waals surface area contributed by atoms with Gasteiger partial charge in [-0.1, -0.05) is 53.2 Å². The van der Waals surface area contributed by atoms with Crippen LogP contribution in [0.1, 0.15) is 25.8 Å². The molecule has 29 heavy (non-hydrogen) atoms. The number of benzene rings is 2. The average molecular weight is 451 g/mol. The number of nitrogens with zero attached hydrogens (tertiary/aromatic N) is 3. The molecule has 0 saturated carbocycles. The zero-order valence-corrected chi connectivity index (χ0v) is 18.3. The van der Waals surface area contributed by atoms with Gasteiger partial charge in [-0.2, -0.15) is 0 Å². The number of ether oxygens (including phenoxy) is 1. The summed E-state index contributed by atoms with van der Waals surface area (Å²) in [6.07, 6.45) is -0.327. The van der Waals surface area contributed by atoms with Crippen LogP contribution in [0.5, 0.6) is 5.75 Å². The lowest BCUT2D eigenvalue weighted by atomic mass is 10.3. The molecule has 9 heteroatoms. The highest BCUT2D eigenvalue weighted by Crippen LogP contribution is 2.26. The highest BCUT2D eigenvalue weighted by Gasteiger charge is 2.19. The molecule has 1 unspecified atom stereocenters. The molecule has 0 radical (unpaired) electrons. The van der Waals surface area contributed by atoms with Crippen molar-refractivity contribution >= 4 is 46.6 Å². The van der Waals surface area contributed by atoms with Crippen molar-refractivity contribution in [1.82, 2.24) is 14.8 Å². The molecule has 0 fully saturated rings. The molecule has 3 rings (SSSR count). The Kier molecular flexibility index (Phi) is 7.41. The number of para-hydroxylation sites is 1. The minimum Gasteiger partial charge on any atom is -0.483 e. The monoisotopic (exact) mass is 450 g/mol. The van der Waals surface area contributed by atoms with Crippen LogP contribution >= 0.6 is 35.0 Å². The van der Waals surface area contributed by atoms with E-state index < -0.39 is 0 Å². The van der Waals surface area contributed by atoms with Gasteiger partial charge in [-0.15, -0.1) is 10.2 Å². The summed E-state index contributed by atoms with van der Waals surface area (Å²) in [5.74, 6) is 1.36. The second-order valence-corrected chi connectivity index (χ2v) is 7.91. The van der Waals surface area contributed by atoms with E-state index in [2.05, 4.69) is 15.5 Å². The van der Waals surface area contributed by atoms with Gasteiger partial charge in [0.25, 0.3) is 0 Å². The number of amides is 1. The maximum Gasteiger partial charge on any atom is 0.234 e. The van der Waals surface area contributed by atoms with E-state index in [0.717, 1.165) is 0 Å². The molecule has 1 aromatic heterocycles. The SMILES string of the molecule is CCn1c(SCC(=O)Nc2ccccc2Cl)nnc1C(C)Oc1cccc(Cl)c1. The number of carbonyl (C=O) groups excluding carboxylic acids is 1. The Bertz CT molecular complexity index is 996. The van der Waals surface area contributed by atoms with Crippen LogP contribution in [0.4, 0.5) is 5.69 Å². The first-order valence-electron chi connectivity index (χ1n) is 9.00. The summed E-state index contributed by atoms with van der Waals surface area (Å²) in [5.41, 5.74) is 0.584. The number of aromatic nitrogens is 3. The van der Waals surface area contributed by atoms with Gasteiger partial charge in [-0.05, 0) is 44.2 Å². The van der Waals surface area contributed by atoms with Gasteiger partial charge in [0.1, 0.15) is 5.75 Å². The summed E-state index contributed by atoms with van der Waals surface area (Å²) in [6, 6.07) is 14.3. The lowest BCUT2D eigenvalue weighted by molar-refractivity contribution is -0.113. The van der Waals surface area contributed by atoms with Crippen LogP contribution < -0.4 is 10.1 Å². The summed E-state index contributed by atoms with van der Waals surface area (Å²) in [6.45, 7) is 4.54. The van der Waals surface area contributed by atoms with Crippen molar-refractivity contribution in [2.45, 2.75) is 31.7 Å². The van der Waals surface area contributed by atoms with Crippen LogP contribution in [0.3, 0.4) is 0 Å². The van der Waals surface area contributed by atoms with Gasteiger partial charge in [-0.3, -0.25) is 4.79 Å². The zero-order chi connectivity index (χ0) is 20.8. The number of thioether (sulfide) groups is 1. The normalized spacial score (nSPS) is 11.9. The van der Waals surface area contributed by atoms with Crippen molar-refractivity contribution in [2.75, 3.05) is 11.1 Å². The Morgan fingerprint density at radius 1 is 1.21 bits per heavy atom. The van der Waals surface area contributed by atoms with Gasteiger partial charge in [0, 0.05) is 11.6 Å². The fourth-order valence-corrected chi connectivity index (χ4v) is 3.85. The summed E-state index contributed by atoms with van der Waals surface area (Å²) in [4.78, 5) is 12.3. The Labute approximate surface area is 183 Å². The average Bonchev–Trinajstić information content (AvgIpc) is 3.11. The predicted octanol–water partition coefficient (Wildman–Crippen LogP) is 5.48. The molecule has 0 aliphatic carbocycles. The summed E-state index contributed by atoms with van der Waals surface area (Å²) >= 11 is 13.4. The van der Waals surface area contributed by atoms with Gasteiger partial charge >= 0.3 is 0 Å². The fourth-order valence-electron chi connectivity index (χ4n) is 2.68. The number of anilines is 1. The van der Waals surface area contributed by atoms with E-state index in [1.165, 1.54) is 11.8 Å². The molecule has 3 aromatic rings. The fraction of sp³-hybridized carbons (Fsp3) is 0.250. The van der Waals surface area contributed by atoms with Crippen LogP contribution in [0.25, 0.3) is 0 Å². The molecular weight excluding hydrogens is 431 g/mol. The van der Waals surface area contributed by atoms with E-state index in [-0.39, 0.29) is 17.8 Å². The van der Waals surface area contributed by atoms with Crippen LogP contribution in [-0.4, -0.2) is 26.4 Å². The van der Waals surface area contributed by atoms with E-state index in [1.807, 2.05) is 42.7 Å². The molecule has 1 N–H and O–H groups in total. The van der Waals surface area contributed by atoms with E-state index in [9.17, 15) is 4.79 Å². The molecule has 152 valence electrons. The Balaban J connectivity index is 1.64. The maximum atomic E-state index is 12.3. The van der Waals surface area contributed by atoms with Gasteiger partial charge in [0.2, 0.25) is 5.91 Å². The third kappa shape index (κ3) is 5.65. The first kappa shape index (κ1) is 21.5. The zero-order valence-electron chi connectivity index (χ0n) is 15.9. The lowest BCUT2D eigenvalue weighted by Crippen LogP contribution is -2.15. The second-order valence-electron chi connectivity index (χ2n) is 6.12. The first-order valence-corrected chi connectivity index (χ1v) is 10.7. The van der Waals surface area contributed by atoms with Crippen molar-refractivity contribution in [3.63, 3.8) is 0 Å². The predicted molar refractivity (Wildman–Crippen MR) is 117 cm³/mol. The van der Waals surface area contributed by atoms with E-state index in [4.69, 9.17) is 27.9 Å². The Hall–Kier alpha value is -2.22. The quantitative estimate of drug-likeness (QED) is 0.460. The van der Waals surface area contributed by atoms with Crippen molar-refractivity contribution in [2.24, 2.45) is 0 Å². The molecule has 1 heterocycles. The lowest BCUT2D eigenvalue weighted by Gasteiger charge is -2.15. The van der Waals surface area contributed by atoms with Gasteiger partial charge in [0.15, 0.2) is 17.1 Å². The smallest absolute Gasteiger partial charge is 0.234 e. The van der Waals surface area contributed by atoms with Gasteiger partial charge < -0.3 is 14.6 Å². The van der Waals surface area contributed by atoms with Gasteiger partial charge in [0.05, 0.1) is 16.5 Å².